The van der Waals surface area contributed by atoms with Crippen molar-refractivity contribution in [3.63, 3.8) is 0 Å². The van der Waals surface area contributed by atoms with Gasteiger partial charge in [-0.2, -0.15) is 0 Å². The monoisotopic (exact) mass is 353 g/mol. The van der Waals surface area contributed by atoms with E-state index in [0.717, 1.165) is 10.6 Å². The van der Waals surface area contributed by atoms with E-state index in [1.165, 1.54) is 0 Å². The Hall–Kier alpha value is -3.35. The van der Waals surface area contributed by atoms with Crippen LogP contribution in [0.4, 0.5) is 4.79 Å². The Kier molecular flexibility index (Phi) is 5.48. The van der Waals surface area contributed by atoms with Crippen LogP contribution in [0.3, 0.4) is 0 Å². The number of amides is 4. The molecule has 0 saturated carbocycles. The lowest BCUT2D eigenvalue weighted by atomic mass is 10.1. The predicted octanol–water partition coefficient (Wildman–Crippen LogP) is 1.55. The van der Waals surface area contributed by atoms with Crippen LogP contribution in [0.25, 0.3) is 0 Å². The Morgan fingerprint density at radius 2 is 1.81 bits per heavy atom. The zero-order valence-electron chi connectivity index (χ0n) is 14.1. The number of nitrogens with zero attached hydrogens (tertiary/aromatic N) is 1. The predicted molar refractivity (Wildman–Crippen MR) is 94.7 cm³/mol. The number of hydrogen-bond donors (Lipinski definition) is 2. The van der Waals surface area contributed by atoms with Gasteiger partial charge in [-0.15, -0.1) is 0 Å². The molecule has 0 aliphatic carbocycles. The molecule has 0 aromatic heterocycles. The van der Waals surface area contributed by atoms with Gasteiger partial charge in [0.2, 0.25) is 5.91 Å². The van der Waals surface area contributed by atoms with Crippen LogP contribution in [-0.2, 0) is 11.3 Å². The van der Waals surface area contributed by atoms with Crippen molar-refractivity contribution in [2.24, 2.45) is 0 Å². The first-order chi connectivity index (χ1) is 12.6. The Morgan fingerprint density at radius 3 is 2.54 bits per heavy atom. The molecule has 0 spiro atoms. The van der Waals surface area contributed by atoms with Crippen molar-refractivity contribution in [1.82, 2.24) is 15.5 Å². The average Bonchev–Trinajstić information content (AvgIpc) is 2.98. The lowest BCUT2D eigenvalue weighted by molar-refractivity contribution is -0.125. The van der Waals surface area contributed by atoms with Gasteiger partial charge in [0.1, 0.15) is 12.4 Å². The summed E-state index contributed by atoms with van der Waals surface area (Å²) >= 11 is 0. The van der Waals surface area contributed by atoms with E-state index in [0.29, 0.717) is 24.3 Å². The second-order valence-corrected chi connectivity index (χ2v) is 5.71. The lowest BCUT2D eigenvalue weighted by Gasteiger charge is -2.15. The lowest BCUT2D eigenvalue weighted by Crippen LogP contribution is -2.33. The minimum absolute atomic E-state index is 0.00990. The van der Waals surface area contributed by atoms with E-state index in [1.807, 2.05) is 30.3 Å². The maximum atomic E-state index is 12.4. The third-order valence-corrected chi connectivity index (χ3v) is 3.93. The van der Waals surface area contributed by atoms with E-state index < -0.39 is 6.03 Å². The van der Waals surface area contributed by atoms with E-state index in [1.54, 1.807) is 24.3 Å². The van der Waals surface area contributed by atoms with Gasteiger partial charge in [-0.25, -0.2) is 4.79 Å². The molecule has 1 aliphatic heterocycles. The summed E-state index contributed by atoms with van der Waals surface area (Å²) in [5.41, 5.74) is 1.04. The minimum atomic E-state index is -0.443. The molecule has 7 heteroatoms. The van der Waals surface area contributed by atoms with Crippen LogP contribution < -0.4 is 15.4 Å². The van der Waals surface area contributed by atoms with Gasteiger partial charge in [0, 0.05) is 5.56 Å². The number of benzene rings is 2. The molecule has 1 aliphatic rings. The molecule has 0 atom stereocenters. The molecule has 2 aromatic carbocycles. The first kappa shape index (κ1) is 17.5. The van der Waals surface area contributed by atoms with Crippen LogP contribution >= 0.6 is 0 Å². The number of hydrogen-bond acceptors (Lipinski definition) is 4. The van der Waals surface area contributed by atoms with Gasteiger partial charge in [-0.1, -0.05) is 36.4 Å². The quantitative estimate of drug-likeness (QED) is 0.584. The van der Waals surface area contributed by atoms with E-state index in [4.69, 9.17) is 4.74 Å². The van der Waals surface area contributed by atoms with Crippen LogP contribution in [0.5, 0.6) is 5.75 Å². The summed E-state index contributed by atoms with van der Waals surface area (Å²) in [7, 11) is 0. The van der Waals surface area contributed by atoms with Crippen molar-refractivity contribution in [2.45, 2.75) is 6.54 Å². The highest BCUT2D eigenvalue weighted by Crippen LogP contribution is 2.14. The van der Waals surface area contributed by atoms with Gasteiger partial charge >= 0.3 is 6.03 Å². The molecule has 26 heavy (non-hydrogen) atoms. The number of nitrogens with one attached hydrogen (secondary N) is 2. The summed E-state index contributed by atoms with van der Waals surface area (Å²) in [6.07, 6.45) is 0. The number of rotatable bonds is 7. The van der Waals surface area contributed by atoms with Crippen LogP contribution in [0.1, 0.15) is 15.9 Å². The molecule has 7 nitrogen and oxygen atoms in total. The zero-order valence-corrected chi connectivity index (χ0v) is 14.1. The summed E-state index contributed by atoms with van der Waals surface area (Å²) < 4.78 is 5.54. The SMILES string of the molecule is O=C(NCCOc1ccccc1)c1ccccc1CN1C(=O)CNC1=O. The third-order valence-electron chi connectivity index (χ3n) is 3.93. The van der Waals surface area contributed by atoms with E-state index in [9.17, 15) is 14.4 Å². The Balaban J connectivity index is 1.57. The van der Waals surface area contributed by atoms with Crippen molar-refractivity contribution in [3.05, 3.63) is 65.7 Å². The Morgan fingerprint density at radius 1 is 1.08 bits per heavy atom. The van der Waals surface area contributed by atoms with Crippen LogP contribution in [-0.4, -0.2) is 42.4 Å². The Bertz CT molecular complexity index is 791. The molecule has 1 fully saturated rings. The van der Waals surface area contributed by atoms with Gasteiger partial charge in [-0.3, -0.25) is 14.5 Å². The summed E-state index contributed by atoms with van der Waals surface area (Å²) in [6, 6.07) is 15.8. The first-order valence-electron chi connectivity index (χ1n) is 8.27. The van der Waals surface area contributed by atoms with Crippen molar-refractivity contribution < 1.29 is 19.1 Å². The number of carbonyl (C=O) groups is 3. The Labute approximate surface area is 150 Å². The summed E-state index contributed by atoms with van der Waals surface area (Å²) in [5, 5.41) is 5.26. The van der Waals surface area contributed by atoms with Gasteiger partial charge < -0.3 is 15.4 Å². The van der Waals surface area contributed by atoms with Crippen molar-refractivity contribution >= 4 is 17.8 Å². The minimum Gasteiger partial charge on any atom is -0.492 e. The molecular weight excluding hydrogens is 334 g/mol. The highest BCUT2D eigenvalue weighted by molar-refractivity contribution is 6.02. The normalized spacial score (nSPS) is 13.5. The van der Waals surface area contributed by atoms with Crippen LogP contribution in [0, 0.1) is 0 Å². The largest absolute Gasteiger partial charge is 0.492 e. The van der Waals surface area contributed by atoms with Gasteiger partial charge in [0.15, 0.2) is 0 Å². The summed E-state index contributed by atoms with van der Waals surface area (Å²) in [4.78, 5) is 37.0. The molecule has 2 N–H and O–H groups in total. The molecule has 0 radical (unpaired) electrons. The van der Waals surface area contributed by atoms with Crippen molar-refractivity contribution in [1.29, 1.82) is 0 Å². The van der Waals surface area contributed by atoms with Crippen molar-refractivity contribution in [2.75, 3.05) is 19.7 Å². The van der Waals surface area contributed by atoms with E-state index in [2.05, 4.69) is 10.6 Å². The van der Waals surface area contributed by atoms with E-state index in [-0.39, 0.29) is 24.9 Å². The molecule has 134 valence electrons. The van der Waals surface area contributed by atoms with Gasteiger partial charge in [0.25, 0.3) is 5.91 Å². The molecule has 0 unspecified atom stereocenters. The summed E-state index contributed by atoms with van der Waals surface area (Å²) in [6.45, 7) is 0.731. The molecule has 1 saturated heterocycles. The standard InChI is InChI=1S/C19H19N3O4/c23-17-12-21-19(25)22(17)13-14-6-4-5-9-16(14)18(24)20-10-11-26-15-7-2-1-3-8-15/h1-9H,10-13H2,(H,20,24)(H,21,25). The van der Waals surface area contributed by atoms with Crippen LogP contribution in [0.15, 0.2) is 54.6 Å². The number of imide groups is 1. The van der Waals surface area contributed by atoms with E-state index >= 15 is 0 Å². The van der Waals surface area contributed by atoms with Gasteiger partial charge in [0.05, 0.1) is 19.6 Å². The number of carbonyl (C=O) groups excluding carboxylic acids is 3. The second kappa shape index (κ2) is 8.15. The fourth-order valence-electron chi connectivity index (χ4n) is 2.61. The maximum absolute atomic E-state index is 12.4. The molecule has 0 bridgehead atoms. The van der Waals surface area contributed by atoms with Crippen molar-refractivity contribution in [3.8, 4) is 5.75 Å². The van der Waals surface area contributed by atoms with Gasteiger partial charge in [-0.05, 0) is 23.8 Å². The third kappa shape index (κ3) is 4.18. The maximum Gasteiger partial charge on any atom is 0.324 e. The molecular formula is C19H19N3O4. The highest BCUT2D eigenvalue weighted by Gasteiger charge is 2.29. The van der Waals surface area contributed by atoms with Crippen LogP contribution in [0.2, 0.25) is 0 Å². The second-order valence-electron chi connectivity index (χ2n) is 5.71. The fraction of sp³-hybridized carbons (Fsp3) is 0.211. The molecule has 2 aromatic rings. The molecule has 1 heterocycles. The molecule has 3 rings (SSSR count). The average molecular weight is 353 g/mol. The number of ether oxygens (including phenoxy) is 1. The number of para-hydroxylation sites is 1. The number of urea groups is 1. The molecule has 4 amide bonds. The zero-order chi connectivity index (χ0) is 18.4. The first-order valence-corrected chi connectivity index (χ1v) is 8.27. The summed E-state index contributed by atoms with van der Waals surface area (Å²) in [5.74, 6) is 0.159. The smallest absolute Gasteiger partial charge is 0.324 e. The fourth-order valence-corrected chi connectivity index (χ4v) is 2.61. The topological polar surface area (TPSA) is 87.7 Å². The highest BCUT2D eigenvalue weighted by atomic mass is 16.5.